The number of carbonyl (C=O) groups excluding carboxylic acids is 1. The second kappa shape index (κ2) is 10.6. The van der Waals surface area contributed by atoms with Gasteiger partial charge in [0.15, 0.2) is 5.78 Å². The summed E-state index contributed by atoms with van der Waals surface area (Å²) in [6, 6.07) is 9.37. The Bertz CT molecular complexity index is 362. The lowest BCUT2D eigenvalue weighted by Gasteiger charge is -2.15. The van der Waals surface area contributed by atoms with Crippen molar-refractivity contribution in [2.24, 2.45) is 0 Å². The minimum atomic E-state index is -0.628. The number of benzene rings is 1. The van der Waals surface area contributed by atoms with Crippen LogP contribution in [0.4, 0.5) is 0 Å². The minimum Gasteiger partial charge on any atom is -0.371 e. The fourth-order valence-electron chi connectivity index (χ4n) is 2.29. The van der Waals surface area contributed by atoms with E-state index in [2.05, 4.69) is 6.92 Å². The molecule has 1 N–H and O–H groups in total. The van der Waals surface area contributed by atoms with Crippen molar-refractivity contribution in [1.82, 2.24) is 0 Å². The van der Waals surface area contributed by atoms with Crippen molar-refractivity contribution in [3.8, 4) is 0 Å². The zero-order valence-electron chi connectivity index (χ0n) is 12.4. The Labute approximate surface area is 122 Å². The summed E-state index contributed by atoms with van der Waals surface area (Å²) >= 11 is 0. The third-order valence-electron chi connectivity index (χ3n) is 3.41. The Hall–Kier alpha value is -1.19. The smallest absolute Gasteiger partial charge is 0.166 e. The van der Waals surface area contributed by atoms with Crippen molar-refractivity contribution < 1.29 is 14.6 Å². The Kier molecular flexibility index (Phi) is 8.92. The highest BCUT2D eigenvalue weighted by molar-refractivity contribution is 5.84. The van der Waals surface area contributed by atoms with E-state index in [0.29, 0.717) is 6.42 Å². The molecular formula is C17H26O3. The van der Waals surface area contributed by atoms with E-state index in [4.69, 9.17) is 9.84 Å². The summed E-state index contributed by atoms with van der Waals surface area (Å²) < 4.78 is 5.19. The monoisotopic (exact) mass is 278 g/mol. The van der Waals surface area contributed by atoms with E-state index in [1.54, 1.807) is 0 Å². The number of hydrogen-bond donors (Lipinski definition) is 1. The summed E-state index contributed by atoms with van der Waals surface area (Å²) in [5.74, 6) is 0.0562. The van der Waals surface area contributed by atoms with Crippen molar-refractivity contribution in [1.29, 1.82) is 0 Å². The molecule has 0 radical (unpaired) electrons. The van der Waals surface area contributed by atoms with Gasteiger partial charge < -0.3 is 9.84 Å². The first-order chi connectivity index (χ1) is 9.79. The first-order valence-corrected chi connectivity index (χ1v) is 7.59. The molecule has 112 valence electrons. The van der Waals surface area contributed by atoms with Gasteiger partial charge in [0, 0.05) is 6.42 Å². The Morgan fingerprint density at radius 1 is 1.10 bits per heavy atom. The molecule has 0 aliphatic carbocycles. The number of aliphatic hydroxyl groups is 1. The molecule has 1 rings (SSSR count). The molecule has 0 fully saturated rings. The van der Waals surface area contributed by atoms with Crippen LogP contribution in [0.25, 0.3) is 0 Å². The largest absolute Gasteiger partial charge is 0.371 e. The zero-order chi connectivity index (χ0) is 14.6. The molecule has 0 saturated heterocycles. The topological polar surface area (TPSA) is 46.5 Å². The van der Waals surface area contributed by atoms with E-state index < -0.39 is 12.9 Å². The maximum Gasteiger partial charge on any atom is 0.166 e. The van der Waals surface area contributed by atoms with Crippen molar-refractivity contribution in [2.75, 3.05) is 6.79 Å². The van der Waals surface area contributed by atoms with Gasteiger partial charge in [-0.3, -0.25) is 4.79 Å². The molecule has 0 aliphatic rings. The van der Waals surface area contributed by atoms with Gasteiger partial charge in [0.25, 0.3) is 0 Å². The van der Waals surface area contributed by atoms with E-state index in [0.717, 1.165) is 18.4 Å². The number of unbranched alkanes of at least 4 members (excludes halogenated alkanes) is 5. The number of aliphatic hydroxyl groups excluding tert-OH is 1. The first-order valence-electron chi connectivity index (χ1n) is 7.59. The average Bonchev–Trinajstić information content (AvgIpc) is 2.49. The molecule has 3 nitrogen and oxygen atoms in total. The van der Waals surface area contributed by atoms with Gasteiger partial charge >= 0.3 is 0 Å². The third-order valence-corrected chi connectivity index (χ3v) is 3.41. The number of ketones is 1. The van der Waals surface area contributed by atoms with Crippen LogP contribution in [-0.4, -0.2) is 17.7 Å². The van der Waals surface area contributed by atoms with Crippen LogP contribution in [0.3, 0.4) is 0 Å². The number of ether oxygens (including phenoxy) is 1. The van der Waals surface area contributed by atoms with Crippen LogP contribution in [0.1, 0.15) is 63.5 Å². The van der Waals surface area contributed by atoms with Gasteiger partial charge in [0.05, 0.1) is 0 Å². The molecule has 0 aliphatic heterocycles. The molecule has 0 bridgehead atoms. The molecule has 0 amide bonds. The zero-order valence-corrected chi connectivity index (χ0v) is 12.4. The Morgan fingerprint density at radius 2 is 1.75 bits per heavy atom. The molecule has 3 heteroatoms. The summed E-state index contributed by atoms with van der Waals surface area (Å²) in [4.78, 5) is 12.2. The Balaban J connectivity index is 2.37. The summed E-state index contributed by atoms with van der Waals surface area (Å²) in [6.07, 6.45) is 6.83. The molecule has 0 heterocycles. The summed E-state index contributed by atoms with van der Waals surface area (Å²) in [5, 5.41) is 8.94. The van der Waals surface area contributed by atoms with Crippen molar-refractivity contribution in [3.05, 3.63) is 35.9 Å². The van der Waals surface area contributed by atoms with E-state index in [1.165, 1.54) is 25.7 Å². The van der Waals surface area contributed by atoms with Gasteiger partial charge in [0.1, 0.15) is 12.9 Å². The summed E-state index contributed by atoms with van der Waals surface area (Å²) in [6.45, 7) is 1.77. The van der Waals surface area contributed by atoms with Gasteiger partial charge in [-0.2, -0.15) is 0 Å². The highest BCUT2D eigenvalue weighted by Gasteiger charge is 2.20. The molecule has 0 saturated carbocycles. The van der Waals surface area contributed by atoms with Crippen LogP contribution in [0.15, 0.2) is 30.3 Å². The number of rotatable bonds is 11. The van der Waals surface area contributed by atoms with Crippen molar-refractivity contribution >= 4 is 5.78 Å². The second-order valence-electron chi connectivity index (χ2n) is 5.07. The predicted octanol–water partition coefficient (Wildman–Crippen LogP) is 4.01. The normalized spacial score (nSPS) is 12.3. The SMILES string of the molecule is CCCCCCCCC(=O)C(OCO)c1ccccc1. The third kappa shape index (κ3) is 6.31. The lowest BCUT2D eigenvalue weighted by Crippen LogP contribution is -2.16. The molecule has 20 heavy (non-hydrogen) atoms. The lowest BCUT2D eigenvalue weighted by molar-refractivity contribution is -0.138. The van der Waals surface area contributed by atoms with E-state index in [-0.39, 0.29) is 5.78 Å². The van der Waals surface area contributed by atoms with Gasteiger partial charge in [-0.1, -0.05) is 69.4 Å². The van der Waals surface area contributed by atoms with Gasteiger partial charge in [-0.25, -0.2) is 0 Å². The van der Waals surface area contributed by atoms with Crippen LogP contribution in [0.2, 0.25) is 0 Å². The van der Waals surface area contributed by atoms with Crippen LogP contribution in [0.5, 0.6) is 0 Å². The number of carbonyl (C=O) groups is 1. The molecule has 1 unspecified atom stereocenters. The van der Waals surface area contributed by atoms with Gasteiger partial charge in [-0.05, 0) is 12.0 Å². The molecule has 1 aromatic rings. The number of hydrogen-bond acceptors (Lipinski definition) is 3. The Morgan fingerprint density at radius 3 is 2.40 bits per heavy atom. The van der Waals surface area contributed by atoms with Crippen LogP contribution in [-0.2, 0) is 9.53 Å². The van der Waals surface area contributed by atoms with Gasteiger partial charge in [0.2, 0.25) is 0 Å². The fraction of sp³-hybridized carbons (Fsp3) is 0.588. The molecule has 1 atom stereocenters. The quantitative estimate of drug-likeness (QED) is 0.491. The van der Waals surface area contributed by atoms with E-state index >= 15 is 0 Å². The highest BCUT2D eigenvalue weighted by Crippen LogP contribution is 2.21. The number of Topliss-reactive ketones (excluding diaryl/α,β-unsaturated/α-hetero) is 1. The molecular weight excluding hydrogens is 252 g/mol. The van der Waals surface area contributed by atoms with Crippen LogP contribution >= 0.6 is 0 Å². The average molecular weight is 278 g/mol. The fourth-order valence-corrected chi connectivity index (χ4v) is 2.29. The second-order valence-corrected chi connectivity index (χ2v) is 5.07. The standard InChI is InChI=1S/C17H26O3/c1-2-3-4-5-6-10-13-16(19)17(20-14-18)15-11-8-7-9-12-15/h7-9,11-12,17-18H,2-6,10,13-14H2,1H3. The summed E-state index contributed by atoms with van der Waals surface area (Å²) in [7, 11) is 0. The maximum atomic E-state index is 12.2. The van der Waals surface area contributed by atoms with Crippen LogP contribution < -0.4 is 0 Å². The maximum absolute atomic E-state index is 12.2. The van der Waals surface area contributed by atoms with Gasteiger partial charge in [-0.15, -0.1) is 0 Å². The van der Waals surface area contributed by atoms with Crippen molar-refractivity contribution in [2.45, 2.75) is 58.0 Å². The minimum absolute atomic E-state index is 0.0562. The lowest BCUT2D eigenvalue weighted by atomic mass is 10.0. The molecule has 0 aromatic heterocycles. The molecule has 0 spiro atoms. The predicted molar refractivity (Wildman–Crippen MR) is 80.4 cm³/mol. The van der Waals surface area contributed by atoms with Crippen molar-refractivity contribution in [3.63, 3.8) is 0 Å². The molecule has 1 aromatic carbocycles. The summed E-state index contributed by atoms with van der Waals surface area (Å²) in [5.41, 5.74) is 0.817. The van der Waals surface area contributed by atoms with E-state index in [9.17, 15) is 4.79 Å². The van der Waals surface area contributed by atoms with Crippen LogP contribution in [0, 0.1) is 0 Å². The highest BCUT2D eigenvalue weighted by atomic mass is 16.6. The van der Waals surface area contributed by atoms with E-state index in [1.807, 2.05) is 30.3 Å². The first kappa shape index (κ1) is 16.9.